The zero-order valence-electron chi connectivity index (χ0n) is 9.74. The summed E-state index contributed by atoms with van der Waals surface area (Å²) in [6, 6.07) is 7.15. The van der Waals surface area contributed by atoms with Gasteiger partial charge in [0.1, 0.15) is 5.25 Å². The van der Waals surface area contributed by atoms with Gasteiger partial charge in [-0.2, -0.15) is 0 Å². The van der Waals surface area contributed by atoms with Crippen molar-refractivity contribution in [3.8, 4) is 0 Å². The smallest absolute Gasteiger partial charge is 0.224 e. The Morgan fingerprint density at radius 2 is 2.11 bits per heavy atom. The summed E-state index contributed by atoms with van der Waals surface area (Å²) in [5.74, 6) is -0.198. The Bertz CT molecular complexity index is 571. The first-order valence-corrected chi connectivity index (χ1v) is 7.11. The van der Waals surface area contributed by atoms with E-state index < -0.39 is 15.3 Å². The third kappa shape index (κ3) is 2.80. The molecule has 4 N–H and O–H groups in total. The fourth-order valence-electron chi connectivity index (χ4n) is 2.02. The van der Waals surface area contributed by atoms with Crippen molar-refractivity contribution in [3.63, 3.8) is 0 Å². The number of anilines is 1. The standard InChI is InChI=1S/C11H15N3O3S/c12-9-3-1-2-8(4-9)6-14-7-10(5-11(14)15)18(13,16)17/h1-4,10H,5-7,12H2,(H2,13,16,17). The van der Waals surface area contributed by atoms with Gasteiger partial charge in [0.2, 0.25) is 15.9 Å². The molecule has 1 amide bonds. The summed E-state index contributed by atoms with van der Waals surface area (Å²) in [6.45, 7) is 0.502. The van der Waals surface area contributed by atoms with E-state index in [0.717, 1.165) is 5.56 Å². The zero-order valence-corrected chi connectivity index (χ0v) is 10.6. The monoisotopic (exact) mass is 269 g/mol. The third-order valence-corrected chi connectivity index (χ3v) is 4.21. The molecule has 7 heteroatoms. The molecule has 0 radical (unpaired) electrons. The molecular formula is C11H15N3O3S. The molecule has 0 saturated carbocycles. The quantitative estimate of drug-likeness (QED) is 0.732. The summed E-state index contributed by atoms with van der Waals surface area (Å²) in [4.78, 5) is 13.2. The minimum atomic E-state index is -3.66. The van der Waals surface area contributed by atoms with Crippen molar-refractivity contribution in [1.29, 1.82) is 0 Å². The number of amides is 1. The summed E-state index contributed by atoms with van der Waals surface area (Å²) in [5.41, 5.74) is 7.13. The number of hydrogen-bond donors (Lipinski definition) is 2. The van der Waals surface area contributed by atoms with E-state index in [1.165, 1.54) is 4.90 Å². The van der Waals surface area contributed by atoms with E-state index in [4.69, 9.17) is 10.9 Å². The van der Waals surface area contributed by atoms with Crippen molar-refractivity contribution in [2.45, 2.75) is 18.2 Å². The number of hydrogen-bond acceptors (Lipinski definition) is 4. The Balaban J connectivity index is 2.10. The van der Waals surface area contributed by atoms with E-state index in [0.29, 0.717) is 12.2 Å². The van der Waals surface area contributed by atoms with Crippen LogP contribution in [0, 0.1) is 0 Å². The average Bonchev–Trinajstić information content (AvgIpc) is 2.60. The van der Waals surface area contributed by atoms with Crippen LogP contribution in [0.25, 0.3) is 0 Å². The van der Waals surface area contributed by atoms with Crippen LogP contribution in [0.5, 0.6) is 0 Å². The average molecular weight is 269 g/mol. The predicted molar refractivity (Wildman–Crippen MR) is 67.8 cm³/mol. The fraction of sp³-hybridized carbons (Fsp3) is 0.364. The van der Waals surface area contributed by atoms with Gasteiger partial charge in [-0.1, -0.05) is 12.1 Å². The Morgan fingerprint density at radius 1 is 1.39 bits per heavy atom. The Morgan fingerprint density at radius 3 is 2.67 bits per heavy atom. The number of likely N-dealkylation sites (tertiary alicyclic amines) is 1. The minimum Gasteiger partial charge on any atom is -0.399 e. The van der Waals surface area contributed by atoms with Crippen LogP contribution in [0.4, 0.5) is 5.69 Å². The van der Waals surface area contributed by atoms with Gasteiger partial charge in [0.25, 0.3) is 0 Å². The summed E-state index contributed by atoms with van der Waals surface area (Å²) in [7, 11) is -3.66. The van der Waals surface area contributed by atoms with Gasteiger partial charge in [-0.25, -0.2) is 13.6 Å². The molecular weight excluding hydrogens is 254 g/mol. The maximum Gasteiger partial charge on any atom is 0.224 e. The Kier molecular flexibility index (Phi) is 3.27. The molecule has 1 aliphatic heterocycles. The van der Waals surface area contributed by atoms with E-state index in [-0.39, 0.29) is 18.9 Å². The highest BCUT2D eigenvalue weighted by Gasteiger charge is 2.36. The van der Waals surface area contributed by atoms with E-state index in [9.17, 15) is 13.2 Å². The highest BCUT2D eigenvalue weighted by atomic mass is 32.2. The number of carbonyl (C=O) groups is 1. The lowest BCUT2D eigenvalue weighted by Gasteiger charge is -2.16. The summed E-state index contributed by atoms with van der Waals surface area (Å²) in [5, 5.41) is 4.26. The maximum absolute atomic E-state index is 11.7. The molecule has 0 aliphatic carbocycles. The van der Waals surface area contributed by atoms with Crippen molar-refractivity contribution in [2.75, 3.05) is 12.3 Å². The molecule has 6 nitrogen and oxygen atoms in total. The van der Waals surface area contributed by atoms with Gasteiger partial charge in [0.05, 0.1) is 0 Å². The van der Waals surface area contributed by atoms with Crippen molar-refractivity contribution in [1.82, 2.24) is 4.90 Å². The van der Waals surface area contributed by atoms with Gasteiger partial charge >= 0.3 is 0 Å². The topological polar surface area (TPSA) is 106 Å². The predicted octanol–water partition coefficient (Wildman–Crippen LogP) is -0.342. The molecule has 1 unspecified atom stereocenters. The molecule has 1 aromatic rings. The van der Waals surface area contributed by atoms with E-state index in [2.05, 4.69) is 0 Å². The number of carbonyl (C=O) groups excluding carboxylic acids is 1. The highest BCUT2D eigenvalue weighted by molar-refractivity contribution is 7.89. The van der Waals surface area contributed by atoms with Crippen molar-refractivity contribution >= 4 is 21.6 Å². The lowest BCUT2D eigenvalue weighted by atomic mass is 10.2. The minimum absolute atomic E-state index is 0.0405. The first kappa shape index (κ1) is 12.8. The third-order valence-electron chi connectivity index (χ3n) is 2.97. The number of benzene rings is 1. The molecule has 0 spiro atoms. The Hall–Kier alpha value is -1.60. The summed E-state index contributed by atoms with van der Waals surface area (Å²) < 4.78 is 22.4. The molecule has 18 heavy (non-hydrogen) atoms. The normalized spacial score (nSPS) is 20.4. The summed E-state index contributed by atoms with van der Waals surface area (Å²) >= 11 is 0. The van der Waals surface area contributed by atoms with Gasteiger partial charge in [-0.05, 0) is 17.7 Å². The summed E-state index contributed by atoms with van der Waals surface area (Å²) in [6.07, 6.45) is -0.0405. The van der Waals surface area contributed by atoms with Crippen LogP contribution in [0.2, 0.25) is 0 Å². The highest BCUT2D eigenvalue weighted by Crippen LogP contribution is 2.19. The fourth-order valence-corrected chi connectivity index (χ4v) is 2.78. The number of nitrogens with two attached hydrogens (primary N) is 2. The molecule has 0 aromatic heterocycles. The maximum atomic E-state index is 11.7. The molecule has 2 rings (SSSR count). The van der Waals surface area contributed by atoms with Crippen LogP contribution in [0.3, 0.4) is 0 Å². The zero-order chi connectivity index (χ0) is 13.3. The van der Waals surface area contributed by atoms with Gasteiger partial charge in [-0.3, -0.25) is 4.79 Å². The van der Waals surface area contributed by atoms with E-state index in [1.807, 2.05) is 6.07 Å². The van der Waals surface area contributed by atoms with E-state index >= 15 is 0 Å². The molecule has 1 atom stereocenters. The largest absolute Gasteiger partial charge is 0.399 e. The van der Waals surface area contributed by atoms with Crippen LogP contribution in [0.15, 0.2) is 24.3 Å². The molecule has 1 fully saturated rings. The lowest BCUT2D eigenvalue weighted by molar-refractivity contribution is -0.128. The first-order chi connectivity index (χ1) is 8.36. The van der Waals surface area contributed by atoms with Crippen LogP contribution >= 0.6 is 0 Å². The van der Waals surface area contributed by atoms with E-state index in [1.54, 1.807) is 18.2 Å². The molecule has 98 valence electrons. The molecule has 0 bridgehead atoms. The van der Waals surface area contributed by atoms with Crippen LogP contribution in [-0.4, -0.2) is 31.0 Å². The number of rotatable bonds is 3. The second-order valence-corrected chi connectivity index (χ2v) is 6.28. The second-order valence-electron chi connectivity index (χ2n) is 4.43. The van der Waals surface area contributed by atoms with Crippen LogP contribution in [0.1, 0.15) is 12.0 Å². The number of primary sulfonamides is 1. The van der Waals surface area contributed by atoms with Gasteiger partial charge in [0.15, 0.2) is 0 Å². The number of sulfonamides is 1. The second kappa shape index (κ2) is 4.58. The Labute approximate surface area is 106 Å². The van der Waals surface area contributed by atoms with Crippen molar-refractivity contribution in [3.05, 3.63) is 29.8 Å². The number of nitrogen functional groups attached to an aromatic ring is 1. The molecule has 1 saturated heterocycles. The van der Waals surface area contributed by atoms with Crippen molar-refractivity contribution in [2.24, 2.45) is 5.14 Å². The van der Waals surface area contributed by atoms with Crippen LogP contribution < -0.4 is 10.9 Å². The van der Waals surface area contributed by atoms with Gasteiger partial charge in [-0.15, -0.1) is 0 Å². The molecule has 1 aliphatic rings. The first-order valence-electron chi connectivity index (χ1n) is 5.50. The van der Waals surface area contributed by atoms with Crippen molar-refractivity contribution < 1.29 is 13.2 Å². The van der Waals surface area contributed by atoms with Gasteiger partial charge in [0, 0.05) is 25.2 Å². The molecule has 1 aromatic carbocycles. The SMILES string of the molecule is Nc1cccc(CN2CC(S(N)(=O)=O)CC2=O)c1. The van der Waals surface area contributed by atoms with Crippen LogP contribution in [-0.2, 0) is 21.4 Å². The van der Waals surface area contributed by atoms with Gasteiger partial charge < -0.3 is 10.6 Å². The molecule has 1 heterocycles. The number of nitrogens with zero attached hydrogens (tertiary/aromatic N) is 1. The lowest BCUT2D eigenvalue weighted by Crippen LogP contribution is -2.31.